The van der Waals surface area contributed by atoms with E-state index >= 15 is 0 Å². The first-order valence-electron chi connectivity index (χ1n) is 5.05. The van der Waals surface area contributed by atoms with Crippen molar-refractivity contribution in [2.24, 2.45) is 7.05 Å². The normalized spacial score (nSPS) is 10.7. The summed E-state index contributed by atoms with van der Waals surface area (Å²) < 4.78 is 1.83. The van der Waals surface area contributed by atoms with Crippen LogP contribution in [0.5, 0.6) is 0 Å². The van der Waals surface area contributed by atoms with Crippen molar-refractivity contribution in [1.82, 2.24) is 15.1 Å². The van der Waals surface area contributed by atoms with E-state index in [1.807, 2.05) is 24.0 Å². The van der Waals surface area contributed by atoms with E-state index in [4.69, 9.17) is 0 Å². The Morgan fingerprint density at radius 1 is 1.47 bits per heavy atom. The second-order valence-electron chi connectivity index (χ2n) is 3.54. The molecule has 0 saturated heterocycles. The van der Waals surface area contributed by atoms with Crippen molar-refractivity contribution < 1.29 is 0 Å². The summed E-state index contributed by atoms with van der Waals surface area (Å²) in [5.41, 5.74) is 2.51. The van der Waals surface area contributed by atoms with Gasteiger partial charge in [-0.2, -0.15) is 16.4 Å². The molecule has 4 heteroatoms. The predicted molar refractivity (Wildman–Crippen MR) is 62.9 cm³/mol. The molecule has 2 aromatic rings. The molecule has 80 valence electrons. The van der Waals surface area contributed by atoms with E-state index in [1.54, 1.807) is 11.3 Å². The summed E-state index contributed by atoms with van der Waals surface area (Å²) in [6.45, 7) is 1.86. The number of aryl methyl sites for hydroxylation is 1. The zero-order chi connectivity index (χ0) is 10.5. The van der Waals surface area contributed by atoms with E-state index in [9.17, 15) is 0 Å². The molecule has 0 aliphatic carbocycles. The van der Waals surface area contributed by atoms with Crippen LogP contribution in [-0.2, 0) is 20.0 Å². The van der Waals surface area contributed by atoms with Gasteiger partial charge in [-0.1, -0.05) is 0 Å². The van der Waals surface area contributed by atoms with Crippen LogP contribution in [0.25, 0.3) is 0 Å². The van der Waals surface area contributed by atoms with Gasteiger partial charge in [-0.25, -0.2) is 0 Å². The Morgan fingerprint density at radius 2 is 2.40 bits per heavy atom. The van der Waals surface area contributed by atoms with Crippen LogP contribution in [0, 0.1) is 0 Å². The number of nitrogens with zero attached hydrogens (tertiary/aromatic N) is 2. The average molecular weight is 221 g/mol. The van der Waals surface area contributed by atoms with E-state index in [-0.39, 0.29) is 0 Å². The predicted octanol–water partition coefficient (Wildman–Crippen LogP) is 1.81. The van der Waals surface area contributed by atoms with Crippen LogP contribution >= 0.6 is 11.3 Å². The number of thiophene rings is 1. The first-order chi connectivity index (χ1) is 7.34. The fourth-order valence-electron chi connectivity index (χ4n) is 1.44. The molecule has 0 fully saturated rings. The summed E-state index contributed by atoms with van der Waals surface area (Å²) in [7, 11) is 1.94. The standard InChI is InChI=1S/C11H15N3S/c1-14-6-3-11(13-14)8-12-5-2-10-4-7-15-9-10/h3-4,6-7,9,12H,2,5,8H2,1H3. The average Bonchev–Trinajstić information content (AvgIpc) is 2.84. The minimum atomic E-state index is 0.852. The van der Waals surface area contributed by atoms with Gasteiger partial charge in [-0.3, -0.25) is 4.68 Å². The molecule has 2 rings (SSSR count). The van der Waals surface area contributed by atoms with Crippen molar-refractivity contribution in [2.45, 2.75) is 13.0 Å². The van der Waals surface area contributed by atoms with Crippen molar-refractivity contribution >= 4 is 11.3 Å². The first kappa shape index (κ1) is 10.4. The van der Waals surface area contributed by atoms with E-state index in [0.717, 1.165) is 25.2 Å². The van der Waals surface area contributed by atoms with Crippen molar-refractivity contribution in [2.75, 3.05) is 6.54 Å². The number of rotatable bonds is 5. The number of hydrogen-bond acceptors (Lipinski definition) is 3. The van der Waals surface area contributed by atoms with Crippen molar-refractivity contribution in [3.8, 4) is 0 Å². The lowest BCUT2D eigenvalue weighted by Gasteiger charge is -2.00. The van der Waals surface area contributed by atoms with Gasteiger partial charge in [0.2, 0.25) is 0 Å². The highest BCUT2D eigenvalue weighted by Gasteiger charge is 1.96. The SMILES string of the molecule is Cn1ccc(CNCCc2ccsc2)n1. The van der Waals surface area contributed by atoms with E-state index in [1.165, 1.54) is 5.56 Å². The van der Waals surface area contributed by atoms with Gasteiger partial charge in [-0.15, -0.1) is 0 Å². The van der Waals surface area contributed by atoms with Gasteiger partial charge >= 0.3 is 0 Å². The number of nitrogens with one attached hydrogen (secondary N) is 1. The molecule has 0 aliphatic heterocycles. The maximum absolute atomic E-state index is 4.30. The molecule has 2 heterocycles. The molecule has 1 N–H and O–H groups in total. The third-order valence-corrected chi connectivity index (χ3v) is 2.98. The maximum Gasteiger partial charge on any atom is 0.0762 e. The second kappa shape index (κ2) is 5.09. The van der Waals surface area contributed by atoms with Crippen molar-refractivity contribution in [3.05, 3.63) is 40.3 Å². The zero-order valence-corrected chi connectivity index (χ0v) is 9.63. The third kappa shape index (κ3) is 3.18. The van der Waals surface area contributed by atoms with E-state index < -0.39 is 0 Å². The molecule has 0 bridgehead atoms. The Bertz CT molecular complexity index is 392. The quantitative estimate of drug-likeness (QED) is 0.780. The second-order valence-corrected chi connectivity index (χ2v) is 4.32. The van der Waals surface area contributed by atoms with Crippen molar-refractivity contribution in [1.29, 1.82) is 0 Å². The molecule has 0 amide bonds. The van der Waals surface area contributed by atoms with Gasteiger partial charge in [0.15, 0.2) is 0 Å². The fraction of sp³-hybridized carbons (Fsp3) is 0.364. The molecule has 0 atom stereocenters. The van der Waals surface area contributed by atoms with Crippen LogP contribution in [0.15, 0.2) is 29.1 Å². The van der Waals surface area contributed by atoms with Gasteiger partial charge < -0.3 is 5.32 Å². The van der Waals surface area contributed by atoms with Crippen LogP contribution in [0.3, 0.4) is 0 Å². The van der Waals surface area contributed by atoms with Crippen LogP contribution in [0.2, 0.25) is 0 Å². The summed E-state index contributed by atoms with van der Waals surface area (Å²) in [6, 6.07) is 4.21. The zero-order valence-electron chi connectivity index (χ0n) is 8.81. The Labute approximate surface area is 93.7 Å². The monoisotopic (exact) mass is 221 g/mol. The van der Waals surface area contributed by atoms with Gasteiger partial charge in [-0.05, 0) is 41.4 Å². The molecule has 0 aromatic carbocycles. The highest BCUT2D eigenvalue weighted by molar-refractivity contribution is 7.07. The molecular weight excluding hydrogens is 206 g/mol. The fourth-order valence-corrected chi connectivity index (χ4v) is 2.14. The minimum absolute atomic E-state index is 0.852. The van der Waals surface area contributed by atoms with Gasteiger partial charge in [0.05, 0.1) is 5.69 Å². The van der Waals surface area contributed by atoms with E-state index in [0.29, 0.717) is 0 Å². The molecule has 2 aromatic heterocycles. The molecule has 0 spiro atoms. The summed E-state index contributed by atoms with van der Waals surface area (Å²) in [5.74, 6) is 0. The topological polar surface area (TPSA) is 29.9 Å². The number of hydrogen-bond donors (Lipinski definition) is 1. The largest absolute Gasteiger partial charge is 0.311 e. The van der Waals surface area contributed by atoms with Crippen LogP contribution in [0.1, 0.15) is 11.3 Å². The molecule has 0 radical (unpaired) electrons. The molecule has 0 saturated carbocycles. The van der Waals surface area contributed by atoms with E-state index in [2.05, 4.69) is 27.2 Å². The lowest BCUT2D eigenvalue weighted by atomic mass is 10.2. The summed E-state index contributed by atoms with van der Waals surface area (Å²) in [6.07, 6.45) is 3.06. The Balaban J connectivity index is 1.67. The Hall–Kier alpha value is -1.13. The Kier molecular flexibility index (Phi) is 3.53. The van der Waals surface area contributed by atoms with Crippen LogP contribution in [-0.4, -0.2) is 16.3 Å². The first-order valence-corrected chi connectivity index (χ1v) is 5.99. The van der Waals surface area contributed by atoms with Gasteiger partial charge in [0.1, 0.15) is 0 Å². The molecule has 15 heavy (non-hydrogen) atoms. The van der Waals surface area contributed by atoms with Crippen molar-refractivity contribution in [3.63, 3.8) is 0 Å². The highest BCUT2D eigenvalue weighted by atomic mass is 32.1. The lowest BCUT2D eigenvalue weighted by Crippen LogP contribution is -2.16. The van der Waals surface area contributed by atoms with Gasteiger partial charge in [0.25, 0.3) is 0 Å². The molecule has 3 nitrogen and oxygen atoms in total. The molecular formula is C11H15N3S. The summed E-state index contributed by atoms with van der Waals surface area (Å²) in [5, 5.41) is 12.0. The van der Waals surface area contributed by atoms with Crippen LogP contribution < -0.4 is 5.32 Å². The third-order valence-electron chi connectivity index (χ3n) is 2.25. The lowest BCUT2D eigenvalue weighted by molar-refractivity contribution is 0.654. The molecule has 0 aliphatic rings. The van der Waals surface area contributed by atoms with Gasteiger partial charge in [0, 0.05) is 19.8 Å². The number of aromatic nitrogens is 2. The Morgan fingerprint density at radius 3 is 3.07 bits per heavy atom. The van der Waals surface area contributed by atoms with Crippen LogP contribution in [0.4, 0.5) is 0 Å². The highest BCUT2D eigenvalue weighted by Crippen LogP contribution is 2.05. The maximum atomic E-state index is 4.30. The minimum Gasteiger partial charge on any atom is -0.311 e. The molecule has 0 unspecified atom stereocenters. The summed E-state index contributed by atoms with van der Waals surface area (Å²) in [4.78, 5) is 0. The smallest absolute Gasteiger partial charge is 0.0762 e. The summed E-state index contributed by atoms with van der Waals surface area (Å²) >= 11 is 1.75.